The Morgan fingerprint density at radius 1 is 0.958 bits per heavy atom. The molecule has 1 heterocycles. The maximum Gasteiger partial charge on any atom is 0.0237 e. The van der Waals surface area contributed by atoms with Gasteiger partial charge in [-0.05, 0) is 54.0 Å². The molecule has 2 fully saturated rings. The van der Waals surface area contributed by atoms with Crippen LogP contribution in [0.3, 0.4) is 0 Å². The van der Waals surface area contributed by atoms with Crippen LogP contribution in [-0.2, 0) is 13.0 Å². The van der Waals surface area contributed by atoms with E-state index >= 15 is 0 Å². The van der Waals surface area contributed by atoms with Crippen molar-refractivity contribution in [3.8, 4) is 11.1 Å². The highest BCUT2D eigenvalue weighted by Crippen LogP contribution is 2.37. The van der Waals surface area contributed by atoms with Crippen LogP contribution in [0.2, 0.25) is 0 Å². The second-order valence-electron chi connectivity index (χ2n) is 7.87. The Bertz CT molecular complexity index is 762. The van der Waals surface area contributed by atoms with E-state index in [1.165, 1.54) is 60.3 Å². The Morgan fingerprint density at radius 2 is 1.79 bits per heavy atom. The molecule has 0 radical (unpaired) electrons. The first-order valence-corrected chi connectivity index (χ1v) is 9.46. The standard InChI is InChI=1S/C22H26N2/c1-16-14-24(20-7-8-20)11-10-23(16)15-17-6-9-22-19(12-17)13-18-4-2-3-5-21(18)22/h2-6,9,12,16,20H,7-8,10-11,13-15H2,1H3. The molecule has 2 heteroatoms. The van der Waals surface area contributed by atoms with Crippen molar-refractivity contribution < 1.29 is 0 Å². The summed E-state index contributed by atoms with van der Waals surface area (Å²) in [7, 11) is 0. The lowest BCUT2D eigenvalue weighted by Crippen LogP contribution is -2.51. The van der Waals surface area contributed by atoms with Crippen molar-refractivity contribution in [2.24, 2.45) is 0 Å². The van der Waals surface area contributed by atoms with E-state index in [1.54, 1.807) is 0 Å². The number of nitrogens with zero attached hydrogens (tertiary/aromatic N) is 2. The first-order chi connectivity index (χ1) is 11.8. The number of hydrogen-bond acceptors (Lipinski definition) is 2. The highest BCUT2D eigenvalue weighted by atomic mass is 15.3. The Hall–Kier alpha value is -1.64. The second-order valence-corrected chi connectivity index (χ2v) is 7.87. The summed E-state index contributed by atoms with van der Waals surface area (Å²) in [5, 5.41) is 0. The van der Waals surface area contributed by atoms with E-state index < -0.39 is 0 Å². The molecular weight excluding hydrogens is 292 g/mol. The van der Waals surface area contributed by atoms with Gasteiger partial charge >= 0.3 is 0 Å². The van der Waals surface area contributed by atoms with E-state index in [1.807, 2.05) is 0 Å². The van der Waals surface area contributed by atoms with Crippen molar-refractivity contribution in [2.75, 3.05) is 19.6 Å². The number of rotatable bonds is 3. The lowest BCUT2D eigenvalue weighted by molar-refractivity contribution is 0.0730. The Morgan fingerprint density at radius 3 is 2.62 bits per heavy atom. The third kappa shape index (κ3) is 2.58. The van der Waals surface area contributed by atoms with Gasteiger partial charge in [0, 0.05) is 38.3 Å². The van der Waals surface area contributed by atoms with Gasteiger partial charge in [0.15, 0.2) is 0 Å². The van der Waals surface area contributed by atoms with Crippen molar-refractivity contribution in [2.45, 2.75) is 44.8 Å². The number of fused-ring (bicyclic) bond motifs is 3. The molecule has 3 aliphatic rings. The highest BCUT2D eigenvalue weighted by molar-refractivity contribution is 5.76. The summed E-state index contributed by atoms with van der Waals surface area (Å²) in [4.78, 5) is 5.38. The van der Waals surface area contributed by atoms with Crippen LogP contribution in [0.4, 0.5) is 0 Å². The smallest absolute Gasteiger partial charge is 0.0237 e. The van der Waals surface area contributed by atoms with Crippen LogP contribution in [0.15, 0.2) is 42.5 Å². The van der Waals surface area contributed by atoms with Crippen LogP contribution in [-0.4, -0.2) is 41.5 Å². The summed E-state index contributed by atoms with van der Waals surface area (Å²) in [5.41, 5.74) is 7.36. The van der Waals surface area contributed by atoms with Gasteiger partial charge in [0.05, 0.1) is 0 Å². The minimum absolute atomic E-state index is 0.671. The Balaban J connectivity index is 1.31. The van der Waals surface area contributed by atoms with E-state index in [0.29, 0.717) is 6.04 Å². The minimum Gasteiger partial charge on any atom is -0.298 e. The third-order valence-corrected chi connectivity index (χ3v) is 6.10. The fraction of sp³-hybridized carbons (Fsp3) is 0.455. The van der Waals surface area contributed by atoms with Gasteiger partial charge in [-0.15, -0.1) is 0 Å². The molecule has 2 aromatic carbocycles. The van der Waals surface area contributed by atoms with Gasteiger partial charge in [-0.25, -0.2) is 0 Å². The van der Waals surface area contributed by atoms with Gasteiger partial charge in [0.2, 0.25) is 0 Å². The molecule has 2 aromatic rings. The predicted molar refractivity (Wildman–Crippen MR) is 99.2 cm³/mol. The zero-order valence-corrected chi connectivity index (χ0v) is 14.5. The first kappa shape index (κ1) is 14.7. The quantitative estimate of drug-likeness (QED) is 0.722. The summed E-state index contributed by atoms with van der Waals surface area (Å²) in [5.74, 6) is 0. The van der Waals surface area contributed by atoms with E-state index in [2.05, 4.69) is 59.2 Å². The van der Waals surface area contributed by atoms with Crippen molar-refractivity contribution in [3.05, 3.63) is 59.2 Å². The molecule has 24 heavy (non-hydrogen) atoms. The summed E-state index contributed by atoms with van der Waals surface area (Å²) in [6.45, 7) is 7.22. The molecule has 1 saturated heterocycles. The van der Waals surface area contributed by atoms with Gasteiger partial charge in [0.1, 0.15) is 0 Å². The van der Waals surface area contributed by atoms with Gasteiger partial charge in [0.25, 0.3) is 0 Å². The first-order valence-electron chi connectivity index (χ1n) is 9.46. The molecule has 1 atom stereocenters. The molecule has 5 rings (SSSR count). The molecule has 1 saturated carbocycles. The molecule has 1 unspecified atom stereocenters. The summed E-state index contributed by atoms with van der Waals surface area (Å²) in [6, 6.07) is 17.6. The topological polar surface area (TPSA) is 6.48 Å². The van der Waals surface area contributed by atoms with Crippen LogP contribution in [0, 0.1) is 0 Å². The minimum atomic E-state index is 0.671. The molecule has 124 valence electrons. The number of hydrogen-bond donors (Lipinski definition) is 0. The lowest BCUT2D eigenvalue weighted by Gasteiger charge is -2.40. The van der Waals surface area contributed by atoms with Crippen molar-refractivity contribution in [1.82, 2.24) is 9.80 Å². The van der Waals surface area contributed by atoms with E-state index in [-0.39, 0.29) is 0 Å². The van der Waals surface area contributed by atoms with Crippen molar-refractivity contribution in [1.29, 1.82) is 0 Å². The molecule has 0 N–H and O–H groups in total. The summed E-state index contributed by atoms with van der Waals surface area (Å²) >= 11 is 0. The fourth-order valence-electron chi connectivity index (χ4n) is 4.56. The highest BCUT2D eigenvalue weighted by Gasteiger charge is 2.33. The molecule has 0 amide bonds. The molecular formula is C22H26N2. The average Bonchev–Trinajstić information content (AvgIpc) is 3.37. The zero-order valence-electron chi connectivity index (χ0n) is 14.5. The van der Waals surface area contributed by atoms with Crippen LogP contribution in [0.25, 0.3) is 11.1 Å². The normalized spacial score (nSPS) is 24.0. The van der Waals surface area contributed by atoms with Gasteiger partial charge in [-0.2, -0.15) is 0 Å². The molecule has 0 aromatic heterocycles. The average molecular weight is 318 g/mol. The van der Waals surface area contributed by atoms with Crippen LogP contribution < -0.4 is 0 Å². The van der Waals surface area contributed by atoms with Crippen molar-refractivity contribution in [3.63, 3.8) is 0 Å². The molecule has 2 nitrogen and oxygen atoms in total. The van der Waals surface area contributed by atoms with E-state index in [4.69, 9.17) is 0 Å². The SMILES string of the molecule is CC1CN(C2CC2)CCN1Cc1ccc2c(c1)Cc1ccccc1-2. The van der Waals surface area contributed by atoms with E-state index in [0.717, 1.165) is 19.0 Å². The predicted octanol–water partition coefficient (Wildman–Crippen LogP) is 3.93. The molecule has 2 aliphatic carbocycles. The van der Waals surface area contributed by atoms with Crippen LogP contribution in [0.1, 0.15) is 36.5 Å². The summed E-state index contributed by atoms with van der Waals surface area (Å²) < 4.78 is 0. The lowest BCUT2D eigenvalue weighted by atomic mass is 10.0. The number of piperazine rings is 1. The van der Waals surface area contributed by atoms with Crippen LogP contribution in [0.5, 0.6) is 0 Å². The van der Waals surface area contributed by atoms with Crippen molar-refractivity contribution >= 4 is 0 Å². The third-order valence-electron chi connectivity index (χ3n) is 6.10. The monoisotopic (exact) mass is 318 g/mol. The zero-order chi connectivity index (χ0) is 16.1. The molecule has 0 spiro atoms. The van der Waals surface area contributed by atoms with E-state index in [9.17, 15) is 0 Å². The summed E-state index contributed by atoms with van der Waals surface area (Å²) in [6.07, 6.45) is 3.96. The number of benzene rings is 2. The maximum atomic E-state index is 2.71. The Kier molecular flexibility index (Phi) is 3.50. The second kappa shape index (κ2) is 5.72. The molecule has 0 bridgehead atoms. The molecule has 1 aliphatic heterocycles. The van der Waals surface area contributed by atoms with Gasteiger partial charge < -0.3 is 0 Å². The Labute approximate surface area is 145 Å². The largest absolute Gasteiger partial charge is 0.298 e. The maximum absolute atomic E-state index is 2.71. The fourth-order valence-corrected chi connectivity index (χ4v) is 4.56. The van der Waals surface area contributed by atoms with Crippen LogP contribution >= 0.6 is 0 Å². The van der Waals surface area contributed by atoms with Gasteiger partial charge in [-0.1, -0.05) is 42.5 Å². The van der Waals surface area contributed by atoms with Gasteiger partial charge in [-0.3, -0.25) is 9.80 Å².